The molecule has 41 heavy (non-hydrogen) atoms. The van der Waals surface area contributed by atoms with Gasteiger partial charge in [0.2, 0.25) is 11.8 Å². The smallest absolute Gasteiger partial charge is 0.264 e. The molecule has 7 nitrogen and oxygen atoms in total. The SMILES string of the molecule is CC[C@H](C(=O)NC(C)(C)C)N(Cc1ccc(Cl)c(Cl)c1)C(=O)CN(c1ccc(F)c(Cl)c1)S(=O)(=O)c1ccccc1. The van der Waals surface area contributed by atoms with Gasteiger partial charge in [-0.1, -0.05) is 66.0 Å². The number of halogens is 4. The fraction of sp³-hybridized carbons (Fsp3) is 0.310. The number of sulfonamides is 1. The standard InChI is InChI=1S/C29H31Cl3FN3O4S/c1-5-26(28(38)34-29(2,3)4)35(17-19-11-13-22(30)23(31)15-19)27(37)18-36(20-12-14-25(33)24(32)16-20)41(39,40)21-9-7-6-8-10-21/h6-16,26H,5,17-18H2,1-4H3,(H,34,38)/t26-/m1/s1. The lowest BCUT2D eigenvalue weighted by Gasteiger charge is -2.34. The third-order valence-electron chi connectivity index (χ3n) is 6.02. The normalized spacial score (nSPS) is 12.5. The lowest BCUT2D eigenvalue weighted by atomic mass is 10.1. The summed E-state index contributed by atoms with van der Waals surface area (Å²) in [4.78, 5) is 28.6. The predicted octanol–water partition coefficient (Wildman–Crippen LogP) is 6.70. The zero-order valence-electron chi connectivity index (χ0n) is 23.0. The second-order valence-corrected chi connectivity index (χ2v) is 13.4. The third-order valence-corrected chi connectivity index (χ3v) is 8.84. The molecular weight excluding hydrogens is 612 g/mol. The first-order valence-electron chi connectivity index (χ1n) is 12.7. The van der Waals surface area contributed by atoms with E-state index in [0.29, 0.717) is 10.6 Å². The molecule has 0 heterocycles. The summed E-state index contributed by atoms with van der Waals surface area (Å²) in [5, 5.41) is 3.16. The third kappa shape index (κ3) is 8.35. The first-order chi connectivity index (χ1) is 19.1. The van der Waals surface area contributed by atoms with Crippen molar-refractivity contribution in [1.82, 2.24) is 10.2 Å². The van der Waals surface area contributed by atoms with Crippen molar-refractivity contribution in [2.75, 3.05) is 10.8 Å². The number of anilines is 1. The van der Waals surface area contributed by atoms with Gasteiger partial charge < -0.3 is 10.2 Å². The van der Waals surface area contributed by atoms with Crippen LogP contribution in [0.4, 0.5) is 10.1 Å². The predicted molar refractivity (Wildman–Crippen MR) is 161 cm³/mol. The van der Waals surface area contributed by atoms with E-state index in [4.69, 9.17) is 34.8 Å². The minimum absolute atomic E-state index is 0.0183. The molecule has 1 N–H and O–H groups in total. The highest BCUT2D eigenvalue weighted by molar-refractivity contribution is 7.92. The lowest BCUT2D eigenvalue weighted by Crippen LogP contribution is -2.55. The van der Waals surface area contributed by atoms with Crippen LogP contribution in [0.1, 0.15) is 39.7 Å². The lowest BCUT2D eigenvalue weighted by molar-refractivity contribution is -0.141. The van der Waals surface area contributed by atoms with Gasteiger partial charge in [0.15, 0.2) is 0 Å². The summed E-state index contributed by atoms with van der Waals surface area (Å²) in [6, 6.07) is 14.8. The van der Waals surface area contributed by atoms with Crippen molar-refractivity contribution < 1.29 is 22.4 Å². The first kappa shape index (κ1) is 32.7. The number of carbonyl (C=O) groups is 2. The van der Waals surface area contributed by atoms with E-state index in [9.17, 15) is 22.4 Å². The maximum Gasteiger partial charge on any atom is 0.264 e. The van der Waals surface area contributed by atoms with Crippen molar-refractivity contribution >= 4 is 62.3 Å². The van der Waals surface area contributed by atoms with Crippen LogP contribution in [0.15, 0.2) is 71.6 Å². The number of benzene rings is 3. The van der Waals surface area contributed by atoms with Crippen molar-refractivity contribution in [3.05, 3.63) is 93.2 Å². The van der Waals surface area contributed by atoms with Crippen LogP contribution in [0.2, 0.25) is 15.1 Å². The van der Waals surface area contributed by atoms with Gasteiger partial charge in [0.25, 0.3) is 10.0 Å². The molecule has 12 heteroatoms. The van der Waals surface area contributed by atoms with E-state index in [0.717, 1.165) is 16.4 Å². The Kier molecular flexibility index (Phi) is 10.7. The van der Waals surface area contributed by atoms with Crippen LogP contribution in [0, 0.1) is 5.82 Å². The summed E-state index contributed by atoms with van der Waals surface area (Å²) in [6.45, 7) is 6.44. The van der Waals surface area contributed by atoms with Gasteiger partial charge in [-0.2, -0.15) is 0 Å². The molecule has 0 aliphatic carbocycles. The summed E-state index contributed by atoms with van der Waals surface area (Å²) in [5.41, 5.74) is -0.0246. The van der Waals surface area contributed by atoms with Crippen LogP contribution < -0.4 is 9.62 Å². The summed E-state index contributed by atoms with van der Waals surface area (Å²) in [7, 11) is -4.31. The second-order valence-electron chi connectivity index (χ2n) is 10.4. The van der Waals surface area contributed by atoms with E-state index in [1.165, 1.54) is 23.1 Å². The van der Waals surface area contributed by atoms with E-state index in [2.05, 4.69) is 5.32 Å². The van der Waals surface area contributed by atoms with E-state index in [1.807, 2.05) is 20.8 Å². The van der Waals surface area contributed by atoms with Crippen LogP contribution >= 0.6 is 34.8 Å². The molecule has 0 aromatic heterocycles. The van der Waals surface area contributed by atoms with Gasteiger partial charge in [-0.25, -0.2) is 12.8 Å². The van der Waals surface area contributed by atoms with Crippen molar-refractivity contribution in [2.24, 2.45) is 0 Å². The zero-order valence-corrected chi connectivity index (χ0v) is 26.1. The molecule has 0 fully saturated rings. The van der Waals surface area contributed by atoms with Crippen molar-refractivity contribution in [3.8, 4) is 0 Å². The highest BCUT2D eigenvalue weighted by atomic mass is 35.5. The number of nitrogens with zero attached hydrogens (tertiary/aromatic N) is 2. The molecule has 1 atom stereocenters. The van der Waals surface area contributed by atoms with Crippen LogP contribution in [0.5, 0.6) is 0 Å². The Hall–Kier alpha value is -2.85. The minimum Gasteiger partial charge on any atom is -0.350 e. The highest BCUT2D eigenvalue weighted by Gasteiger charge is 2.34. The summed E-state index contributed by atoms with van der Waals surface area (Å²) < 4.78 is 42.5. The van der Waals surface area contributed by atoms with Crippen molar-refractivity contribution in [3.63, 3.8) is 0 Å². The highest BCUT2D eigenvalue weighted by Crippen LogP contribution is 2.29. The summed E-state index contributed by atoms with van der Waals surface area (Å²) in [5.74, 6) is -1.83. The molecule has 0 spiro atoms. The molecule has 220 valence electrons. The summed E-state index contributed by atoms with van der Waals surface area (Å²) in [6.07, 6.45) is 0.239. The Morgan fingerprint density at radius 3 is 2.15 bits per heavy atom. The van der Waals surface area contributed by atoms with Gasteiger partial charge >= 0.3 is 0 Å². The van der Waals surface area contributed by atoms with Gasteiger partial charge in [0, 0.05) is 12.1 Å². The first-order valence-corrected chi connectivity index (χ1v) is 15.3. The summed E-state index contributed by atoms with van der Waals surface area (Å²) >= 11 is 18.3. The molecular formula is C29H31Cl3FN3O4S. The van der Waals surface area contributed by atoms with E-state index in [-0.39, 0.29) is 33.6 Å². The van der Waals surface area contributed by atoms with Gasteiger partial charge in [-0.05, 0) is 75.2 Å². The largest absolute Gasteiger partial charge is 0.350 e. The quantitative estimate of drug-likeness (QED) is 0.267. The van der Waals surface area contributed by atoms with Crippen LogP contribution in [-0.2, 0) is 26.2 Å². The number of carbonyl (C=O) groups excluding carboxylic acids is 2. The van der Waals surface area contributed by atoms with Crippen LogP contribution in [0.3, 0.4) is 0 Å². The molecule has 0 saturated carbocycles. The molecule has 2 amide bonds. The average molecular weight is 643 g/mol. The van der Waals surface area contributed by atoms with Crippen molar-refractivity contribution in [2.45, 2.75) is 57.1 Å². The number of hydrogen-bond acceptors (Lipinski definition) is 4. The molecule has 3 aromatic rings. The Bertz CT molecular complexity index is 1520. The Balaban J connectivity index is 2.10. The fourth-order valence-electron chi connectivity index (χ4n) is 4.10. The maximum atomic E-state index is 14.1. The molecule has 0 radical (unpaired) electrons. The molecule has 3 aromatic carbocycles. The Morgan fingerprint density at radius 2 is 1.59 bits per heavy atom. The molecule has 0 unspecified atom stereocenters. The molecule has 0 bridgehead atoms. The number of nitrogens with one attached hydrogen (secondary N) is 1. The van der Waals surface area contributed by atoms with Gasteiger partial charge in [-0.3, -0.25) is 13.9 Å². The molecule has 0 aliphatic heterocycles. The minimum atomic E-state index is -4.31. The van der Waals surface area contributed by atoms with Crippen LogP contribution in [-0.4, -0.2) is 43.3 Å². The number of rotatable bonds is 10. The monoisotopic (exact) mass is 641 g/mol. The maximum absolute atomic E-state index is 14.1. The van der Waals surface area contributed by atoms with Crippen LogP contribution in [0.25, 0.3) is 0 Å². The average Bonchev–Trinajstić information content (AvgIpc) is 2.90. The van der Waals surface area contributed by atoms with E-state index >= 15 is 0 Å². The molecule has 3 rings (SSSR count). The second kappa shape index (κ2) is 13.4. The zero-order chi connectivity index (χ0) is 30.5. The van der Waals surface area contributed by atoms with Gasteiger partial charge in [0.05, 0.1) is 25.7 Å². The molecule has 0 saturated heterocycles. The molecule has 0 aliphatic rings. The Morgan fingerprint density at radius 1 is 0.927 bits per heavy atom. The number of hydrogen-bond donors (Lipinski definition) is 1. The fourth-order valence-corrected chi connectivity index (χ4v) is 6.02. The van der Waals surface area contributed by atoms with E-state index < -0.39 is 45.8 Å². The Labute approximate surface area is 255 Å². The number of amides is 2. The van der Waals surface area contributed by atoms with Crippen molar-refractivity contribution in [1.29, 1.82) is 0 Å². The van der Waals surface area contributed by atoms with Gasteiger partial charge in [0.1, 0.15) is 18.4 Å². The van der Waals surface area contributed by atoms with E-state index in [1.54, 1.807) is 43.3 Å². The van der Waals surface area contributed by atoms with Gasteiger partial charge in [-0.15, -0.1) is 0 Å². The topological polar surface area (TPSA) is 86.8 Å².